The van der Waals surface area contributed by atoms with E-state index in [1.807, 2.05) is 72.3 Å². The van der Waals surface area contributed by atoms with Gasteiger partial charge in [0.15, 0.2) is 0 Å². The molecule has 0 atom stereocenters. The number of hydrogen-bond donors (Lipinski definition) is 3. The monoisotopic (exact) mass is 401 g/mol. The number of benzene rings is 1. The smallest absolute Gasteiger partial charge is 0.240 e. The van der Waals surface area contributed by atoms with Gasteiger partial charge in [0.05, 0.1) is 0 Å². The minimum atomic E-state index is -0.0328. The third-order valence-corrected chi connectivity index (χ3v) is 4.51. The number of carbonyl (C=O) groups excluding carboxylic acids is 1. The summed E-state index contributed by atoms with van der Waals surface area (Å²) in [7, 11) is 0. The summed E-state index contributed by atoms with van der Waals surface area (Å²) in [4.78, 5) is 25.3. The van der Waals surface area contributed by atoms with Crippen molar-refractivity contribution in [1.29, 1.82) is 0 Å². The number of para-hydroxylation sites is 1. The first-order valence-electron chi connectivity index (χ1n) is 9.75. The molecule has 0 aliphatic carbocycles. The summed E-state index contributed by atoms with van der Waals surface area (Å²) in [5.41, 5.74) is 1.05. The predicted molar refractivity (Wildman–Crippen MR) is 118 cm³/mol. The van der Waals surface area contributed by atoms with Gasteiger partial charge in [0, 0.05) is 37.1 Å². The summed E-state index contributed by atoms with van der Waals surface area (Å²) in [6.45, 7) is 3.16. The molecule has 0 aliphatic heterocycles. The van der Waals surface area contributed by atoms with Crippen molar-refractivity contribution in [2.24, 2.45) is 0 Å². The largest absolute Gasteiger partial charge is 0.368 e. The molecule has 0 saturated carbocycles. The Kier molecular flexibility index (Phi) is 5.84. The second-order valence-electron chi connectivity index (χ2n) is 6.80. The van der Waals surface area contributed by atoms with E-state index in [1.165, 1.54) is 0 Å². The molecule has 0 unspecified atom stereocenters. The highest BCUT2D eigenvalue weighted by atomic mass is 16.1. The molecule has 8 heteroatoms. The van der Waals surface area contributed by atoms with Gasteiger partial charge in [-0.05, 0) is 36.6 Å². The average Bonchev–Trinajstić information content (AvgIpc) is 3.14. The maximum absolute atomic E-state index is 12.3. The Balaban J connectivity index is 1.27. The molecule has 0 radical (unpaired) electrons. The van der Waals surface area contributed by atoms with E-state index in [2.05, 4.69) is 30.9 Å². The zero-order valence-corrected chi connectivity index (χ0v) is 16.7. The molecule has 0 aliphatic rings. The molecule has 3 aromatic heterocycles. The fourth-order valence-corrected chi connectivity index (χ4v) is 3.17. The fraction of sp³-hybridized carbons (Fsp3) is 0.182. The normalized spacial score (nSPS) is 10.7. The van der Waals surface area contributed by atoms with E-state index in [9.17, 15) is 4.79 Å². The fourth-order valence-electron chi connectivity index (χ4n) is 3.17. The van der Waals surface area contributed by atoms with Crippen molar-refractivity contribution in [3.63, 3.8) is 0 Å². The van der Waals surface area contributed by atoms with E-state index in [4.69, 9.17) is 0 Å². The van der Waals surface area contributed by atoms with Crippen LogP contribution in [0.1, 0.15) is 5.82 Å². The number of nitrogens with one attached hydrogen (secondary N) is 3. The third-order valence-electron chi connectivity index (χ3n) is 4.51. The van der Waals surface area contributed by atoms with Crippen LogP contribution in [-0.2, 0) is 11.3 Å². The van der Waals surface area contributed by atoms with Gasteiger partial charge in [-0.3, -0.25) is 4.79 Å². The first kappa shape index (κ1) is 19.4. The molecule has 8 nitrogen and oxygen atoms in total. The van der Waals surface area contributed by atoms with Crippen molar-refractivity contribution < 1.29 is 4.79 Å². The standard InChI is InChI=1S/C22H23N7O/c1-16-26-20(14-21(27-16)28-19-8-4-5-10-23-19)24-11-12-25-22(30)15-29-13-9-17-6-2-3-7-18(17)29/h2-10,13-14H,11-12,15H2,1H3,(H,25,30)(H2,23,24,26,27,28). The Hall–Kier alpha value is -3.94. The van der Waals surface area contributed by atoms with Crippen LogP contribution in [0.5, 0.6) is 0 Å². The van der Waals surface area contributed by atoms with E-state index in [0.717, 1.165) is 10.9 Å². The highest BCUT2D eigenvalue weighted by Crippen LogP contribution is 2.16. The summed E-state index contributed by atoms with van der Waals surface area (Å²) < 4.78 is 1.95. The van der Waals surface area contributed by atoms with Crippen LogP contribution >= 0.6 is 0 Å². The van der Waals surface area contributed by atoms with Gasteiger partial charge in [-0.25, -0.2) is 15.0 Å². The molecule has 1 amide bonds. The molecule has 0 saturated heterocycles. The number of nitrogens with zero attached hydrogens (tertiary/aromatic N) is 4. The number of rotatable bonds is 8. The summed E-state index contributed by atoms with van der Waals surface area (Å²) >= 11 is 0. The third kappa shape index (κ3) is 4.91. The number of hydrogen-bond acceptors (Lipinski definition) is 6. The molecule has 3 heterocycles. The van der Waals surface area contributed by atoms with E-state index in [0.29, 0.717) is 36.4 Å². The maximum atomic E-state index is 12.3. The maximum Gasteiger partial charge on any atom is 0.240 e. The first-order valence-corrected chi connectivity index (χ1v) is 9.75. The summed E-state index contributed by atoms with van der Waals surface area (Å²) in [5, 5.41) is 10.4. The SMILES string of the molecule is Cc1nc(NCCNC(=O)Cn2ccc3ccccc32)cc(Nc2ccccn2)n1. The molecule has 4 rings (SSSR count). The van der Waals surface area contributed by atoms with Gasteiger partial charge in [0.2, 0.25) is 5.91 Å². The van der Waals surface area contributed by atoms with E-state index in [-0.39, 0.29) is 12.5 Å². The van der Waals surface area contributed by atoms with Crippen molar-refractivity contribution >= 4 is 34.3 Å². The minimum absolute atomic E-state index is 0.0328. The van der Waals surface area contributed by atoms with Gasteiger partial charge in [-0.2, -0.15) is 0 Å². The molecule has 4 aromatic rings. The van der Waals surface area contributed by atoms with Gasteiger partial charge in [0.1, 0.15) is 29.8 Å². The van der Waals surface area contributed by atoms with Crippen LogP contribution in [0.15, 0.2) is 67.0 Å². The van der Waals surface area contributed by atoms with Crippen LogP contribution in [-0.4, -0.2) is 38.5 Å². The molecule has 0 fully saturated rings. The molecule has 30 heavy (non-hydrogen) atoms. The molecular formula is C22H23N7O. The Morgan fingerprint density at radius 2 is 1.80 bits per heavy atom. The van der Waals surface area contributed by atoms with Crippen molar-refractivity contribution in [1.82, 2.24) is 24.8 Å². The summed E-state index contributed by atoms with van der Waals surface area (Å²) in [6, 6.07) is 17.5. The lowest BCUT2D eigenvalue weighted by atomic mass is 10.2. The molecule has 0 bridgehead atoms. The highest BCUT2D eigenvalue weighted by molar-refractivity contribution is 5.83. The second-order valence-corrected chi connectivity index (χ2v) is 6.80. The van der Waals surface area contributed by atoms with Crippen LogP contribution in [0, 0.1) is 6.92 Å². The molecule has 1 aromatic carbocycles. The molecule has 3 N–H and O–H groups in total. The van der Waals surface area contributed by atoms with Gasteiger partial charge < -0.3 is 20.5 Å². The second kappa shape index (κ2) is 9.04. The van der Waals surface area contributed by atoms with E-state index in [1.54, 1.807) is 6.20 Å². The van der Waals surface area contributed by atoms with Crippen molar-refractivity contribution in [3.05, 3.63) is 72.8 Å². The van der Waals surface area contributed by atoms with Gasteiger partial charge in [-0.1, -0.05) is 24.3 Å². The number of anilines is 3. The minimum Gasteiger partial charge on any atom is -0.368 e. The van der Waals surface area contributed by atoms with Gasteiger partial charge in [-0.15, -0.1) is 0 Å². The predicted octanol–water partition coefficient (Wildman–Crippen LogP) is 3.11. The molecule has 0 spiro atoms. The zero-order valence-electron chi connectivity index (χ0n) is 16.7. The van der Waals surface area contributed by atoms with E-state index >= 15 is 0 Å². The number of amides is 1. The Morgan fingerprint density at radius 1 is 0.967 bits per heavy atom. The number of carbonyl (C=O) groups is 1. The van der Waals surface area contributed by atoms with Crippen molar-refractivity contribution in [2.45, 2.75) is 13.5 Å². The van der Waals surface area contributed by atoms with Crippen LogP contribution in [0.25, 0.3) is 10.9 Å². The van der Waals surface area contributed by atoms with Crippen molar-refractivity contribution in [3.8, 4) is 0 Å². The lowest BCUT2D eigenvalue weighted by Crippen LogP contribution is -2.31. The van der Waals surface area contributed by atoms with Gasteiger partial charge >= 0.3 is 0 Å². The van der Waals surface area contributed by atoms with E-state index < -0.39 is 0 Å². The van der Waals surface area contributed by atoms with Crippen LogP contribution < -0.4 is 16.0 Å². The summed E-state index contributed by atoms with van der Waals surface area (Å²) in [5.74, 6) is 2.67. The summed E-state index contributed by atoms with van der Waals surface area (Å²) in [6.07, 6.45) is 3.65. The van der Waals surface area contributed by atoms with Crippen LogP contribution in [0.2, 0.25) is 0 Å². The van der Waals surface area contributed by atoms with Gasteiger partial charge in [0.25, 0.3) is 0 Å². The average molecular weight is 401 g/mol. The quantitative estimate of drug-likeness (QED) is 0.393. The number of pyridine rings is 1. The number of aromatic nitrogens is 4. The lowest BCUT2D eigenvalue weighted by Gasteiger charge is -2.11. The van der Waals surface area contributed by atoms with Crippen LogP contribution in [0.3, 0.4) is 0 Å². The topological polar surface area (TPSA) is 96.8 Å². The Morgan fingerprint density at radius 3 is 2.67 bits per heavy atom. The lowest BCUT2D eigenvalue weighted by molar-refractivity contribution is -0.121. The Labute approximate surface area is 174 Å². The highest BCUT2D eigenvalue weighted by Gasteiger charge is 2.06. The molecule has 152 valence electrons. The van der Waals surface area contributed by atoms with Crippen LogP contribution in [0.4, 0.5) is 17.5 Å². The van der Waals surface area contributed by atoms with Crippen molar-refractivity contribution in [2.75, 3.05) is 23.7 Å². The Bertz CT molecular complexity index is 1140. The zero-order chi connectivity index (χ0) is 20.8. The first-order chi connectivity index (χ1) is 14.7. The number of fused-ring (bicyclic) bond motifs is 1. The number of aryl methyl sites for hydroxylation is 1. The molecular weight excluding hydrogens is 378 g/mol.